The van der Waals surface area contributed by atoms with Crippen LogP contribution < -0.4 is 15.6 Å². The van der Waals surface area contributed by atoms with Gasteiger partial charge in [-0.05, 0) is 5.92 Å². The summed E-state index contributed by atoms with van der Waals surface area (Å²) >= 11 is 0. The van der Waals surface area contributed by atoms with E-state index in [1.165, 1.54) is 0 Å². The van der Waals surface area contributed by atoms with Crippen LogP contribution in [-0.2, 0) is 51.7 Å². The summed E-state index contributed by atoms with van der Waals surface area (Å²) < 4.78 is 40.5. The Bertz CT molecular complexity index is 747. The first-order valence-corrected chi connectivity index (χ1v) is 12.0. The third-order valence-electron chi connectivity index (χ3n) is 3.30. The minimum atomic E-state index is -4.77. The molecule has 0 aromatic heterocycles. The lowest BCUT2D eigenvalue weighted by atomic mass is 10.3. The molecular weight excluding hydrogens is 493 g/mol. The Balaban J connectivity index is 3.93. The number of hydrazone groups is 1. The Kier molecular flexibility index (Phi) is 17.5. The lowest BCUT2D eigenvalue weighted by molar-refractivity contribution is -0.228. The van der Waals surface area contributed by atoms with E-state index >= 15 is 0 Å². The van der Waals surface area contributed by atoms with E-state index in [1.54, 1.807) is 6.21 Å². The van der Waals surface area contributed by atoms with Gasteiger partial charge in [-0.1, -0.05) is 13.8 Å². The molecule has 0 aliphatic rings. The van der Waals surface area contributed by atoms with Gasteiger partial charge in [-0.2, -0.15) is 5.10 Å². The molecule has 0 radical (unpaired) electrons. The molecule has 0 aliphatic carbocycles. The third kappa shape index (κ3) is 21.8. The van der Waals surface area contributed by atoms with Gasteiger partial charge in [-0.3, -0.25) is 23.7 Å². The van der Waals surface area contributed by atoms with Crippen molar-refractivity contribution in [3.8, 4) is 0 Å². The van der Waals surface area contributed by atoms with Gasteiger partial charge in [0.15, 0.2) is 6.10 Å². The van der Waals surface area contributed by atoms with Gasteiger partial charge in [-0.15, -0.1) is 0 Å². The Morgan fingerprint density at radius 2 is 1.57 bits per heavy atom. The third-order valence-corrected chi connectivity index (χ3v) is 4.26. The fourth-order valence-electron chi connectivity index (χ4n) is 1.91. The van der Waals surface area contributed by atoms with E-state index in [4.69, 9.17) is 14.2 Å². The van der Waals surface area contributed by atoms with Gasteiger partial charge in [0.25, 0.3) is 13.7 Å². The summed E-state index contributed by atoms with van der Waals surface area (Å²) in [5, 5.41) is 6.09. The summed E-state index contributed by atoms with van der Waals surface area (Å²) in [4.78, 5) is 56.7. The van der Waals surface area contributed by atoms with Crippen molar-refractivity contribution >= 4 is 37.8 Å². The monoisotopic (exact) mass is 526 g/mol. The van der Waals surface area contributed by atoms with Gasteiger partial charge in [0, 0.05) is 26.6 Å². The van der Waals surface area contributed by atoms with Gasteiger partial charge in [-0.25, -0.2) is 5.43 Å². The minimum absolute atomic E-state index is 0.0485. The summed E-state index contributed by atoms with van der Waals surface area (Å²) in [6, 6.07) is 0. The lowest BCUT2D eigenvalue weighted by Crippen LogP contribution is -2.32. The maximum atomic E-state index is 11.8. The molecule has 2 N–H and O–H groups in total. The van der Waals surface area contributed by atoms with E-state index in [1.807, 2.05) is 13.8 Å². The summed E-state index contributed by atoms with van der Waals surface area (Å²) in [6.45, 7) is 4.02. The highest BCUT2D eigenvalue weighted by Crippen LogP contribution is 2.38. The molecule has 0 saturated carbocycles. The van der Waals surface area contributed by atoms with Crippen LogP contribution >= 0.6 is 7.82 Å². The molecule has 0 fully saturated rings. The van der Waals surface area contributed by atoms with Crippen LogP contribution in [0.1, 0.15) is 27.7 Å². The van der Waals surface area contributed by atoms with Crippen LogP contribution in [-0.4, -0.2) is 88.9 Å². The number of phosphoric acid groups is 1. The second kappa shape index (κ2) is 18.9. The van der Waals surface area contributed by atoms with Crippen LogP contribution in [0.5, 0.6) is 0 Å². The molecule has 0 aromatic carbocycles. The number of esters is 2. The number of rotatable bonds is 19. The van der Waals surface area contributed by atoms with E-state index in [0.717, 1.165) is 13.8 Å². The van der Waals surface area contributed by atoms with E-state index in [2.05, 4.69) is 29.6 Å². The number of amides is 2. The van der Waals surface area contributed by atoms with E-state index in [9.17, 15) is 28.6 Å². The van der Waals surface area contributed by atoms with Crippen molar-refractivity contribution in [2.75, 3.05) is 52.8 Å². The van der Waals surface area contributed by atoms with Crippen LogP contribution in [0.3, 0.4) is 0 Å². The smallest absolute Gasteiger partial charge is 0.303 e. The van der Waals surface area contributed by atoms with Crippen LogP contribution in [0.15, 0.2) is 5.10 Å². The van der Waals surface area contributed by atoms with Gasteiger partial charge >= 0.3 is 11.9 Å². The summed E-state index contributed by atoms with van der Waals surface area (Å²) in [5.74, 6) is -2.13. The number of hydrogen-bond donors (Lipinski definition) is 2. The lowest BCUT2D eigenvalue weighted by Gasteiger charge is -2.25. The highest BCUT2D eigenvalue weighted by Gasteiger charge is 2.19. The average molecular weight is 526 g/mol. The van der Waals surface area contributed by atoms with Crippen molar-refractivity contribution in [3.63, 3.8) is 0 Å². The van der Waals surface area contributed by atoms with Crippen LogP contribution in [0, 0.1) is 5.92 Å². The molecule has 35 heavy (non-hydrogen) atoms. The molecule has 0 saturated heterocycles. The largest absolute Gasteiger partial charge is 0.756 e. The van der Waals surface area contributed by atoms with Crippen molar-refractivity contribution in [1.82, 2.24) is 10.7 Å². The molecule has 0 spiro atoms. The molecule has 1 unspecified atom stereocenters. The maximum absolute atomic E-state index is 11.8. The van der Waals surface area contributed by atoms with E-state index < -0.39 is 57.5 Å². The first-order chi connectivity index (χ1) is 16.4. The summed E-state index contributed by atoms with van der Waals surface area (Å²) in [7, 11) is -4.77. The number of nitrogens with zero attached hydrogens (tertiary/aromatic N) is 1. The highest BCUT2D eigenvalue weighted by molar-refractivity contribution is 7.45. The molecule has 0 heterocycles. The number of phosphoric ester groups is 1. The minimum Gasteiger partial charge on any atom is -0.756 e. The molecule has 0 rings (SSSR count). The Hall–Kier alpha value is -2.42. The van der Waals surface area contributed by atoms with Crippen molar-refractivity contribution < 1.29 is 56.6 Å². The number of hydrogen-bond acceptors (Lipinski definition) is 13. The van der Waals surface area contributed by atoms with Gasteiger partial charge < -0.3 is 38.2 Å². The molecule has 202 valence electrons. The van der Waals surface area contributed by atoms with Crippen molar-refractivity contribution in [2.45, 2.75) is 33.8 Å². The normalized spacial score (nSPS) is 13.8. The molecule has 2 atom stereocenters. The van der Waals surface area contributed by atoms with Crippen LogP contribution in [0.2, 0.25) is 0 Å². The maximum Gasteiger partial charge on any atom is 0.303 e. The number of nitrogens with one attached hydrogen (secondary N) is 2. The molecule has 16 heteroatoms. The zero-order chi connectivity index (χ0) is 26.7. The predicted octanol–water partition coefficient (Wildman–Crippen LogP) is -1.11. The predicted molar refractivity (Wildman–Crippen MR) is 118 cm³/mol. The fourth-order valence-corrected chi connectivity index (χ4v) is 2.65. The topological polar surface area (TPSA) is 200 Å². The van der Waals surface area contributed by atoms with E-state index in [0.29, 0.717) is 0 Å². The Morgan fingerprint density at radius 3 is 2.14 bits per heavy atom. The number of ether oxygens (including phenoxy) is 4. The highest BCUT2D eigenvalue weighted by atomic mass is 31.2. The first-order valence-electron chi connectivity index (χ1n) is 10.6. The molecule has 0 aromatic rings. The zero-order valence-electron chi connectivity index (χ0n) is 20.2. The molecular formula is C19H33N3O12P-. The van der Waals surface area contributed by atoms with Crippen molar-refractivity contribution in [2.24, 2.45) is 11.0 Å². The second-order valence-electron chi connectivity index (χ2n) is 7.12. The van der Waals surface area contributed by atoms with Crippen LogP contribution in [0.4, 0.5) is 0 Å². The first kappa shape index (κ1) is 32.6. The number of carbonyl (C=O) groups is 4. The average Bonchev–Trinajstić information content (AvgIpc) is 2.75. The van der Waals surface area contributed by atoms with Crippen LogP contribution in [0.25, 0.3) is 0 Å². The van der Waals surface area contributed by atoms with Crippen molar-refractivity contribution in [3.05, 3.63) is 0 Å². The Labute approximate surface area is 203 Å². The number of carbonyl (C=O) groups excluding carboxylic acids is 4. The zero-order valence-corrected chi connectivity index (χ0v) is 21.1. The SMILES string of the molecule is CC(=O)OC[C@H](COP(=O)([O-])OCCNC(=O)COCCOCC(=O)N/N=C/C(C)C)OC(C)=O. The standard InChI is InChI=1S/C19H34N3O12P/c1-14(2)9-21-22-19(26)13-30-8-7-29-12-18(25)20-5-6-32-35(27,28)33-11-17(34-16(4)24)10-31-15(3)23/h9,14,17H,5-8,10-13H2,1-4H3,(H,20,25)(H,22,26)(H,27,28)/p-1/b21-9+/t17-/m1/s1. The molecule has 2 amide bonds. The fraction of sp³-hybridized carbons (Fsp3) is 0.737. The Morgan fingerprint density at radius 1 is 0.943 bits per heavy atom. The summed E-state index contributed by atoms with van der Waals surface area (Å²) in [6.07, 6.45) is 0.429. The quantitative estimate of drug-likeness (QED) is 0.0677. The van der Waals surface area contributed by atoms with Crippen molar-refractivity contribution in [1.29, 1.82) is 0 Å². The van der Waals surface area contributed by atoms with Gasteiger partial charge in [0.1, 0.15) is 19.8 Å². The molecule has 15 nitrogen and oxygen atoms in total. The van der Waals surface area contributed by atoms with Gasteiger partial charge in [0.05, 0.1) is 26.4 Å². The van der Waals surface area contributed by atoms with Gasteiger partial charge in [0.2, 0.25) is 5.91 Å². The molecule has 0 bridgehead atoms. The molecule has 0 aliphatic heterocycles. The van der Waals surface area contributed by atoms with E-state index in [-0.39, 0.29) is 38.9 Å². The summed E-state index contributed by atoms with van der Waals surface area (Å²) in [5.41, 5.74) is 2.29. The second-order valence-corrected chi connectivity index (χ2v) is 8.53.